The van der Waals surface area contributed by atoms with Gasteiger partial charge in [0.15, 0.2) is 6.61 Å². The maximum atomic E-state index is 12.3. The van der Waals surface area contributed by atoms with E-state index in [-0.39, 0.29) is 18.9 Å². The fourth-order valence-electron chi connectivity index (χ4n) is 2.75. The first-order valence-electron chi connectivity index (χ1n) is 8.44. The van der Waals surface area contributed by atoms with Crippen LogP contribution in [0, 0.1) is 19.8 Å². The van der Waals surface area contributed by atoms with Crippen molar-refractivity contribution >= 4 is 29.5 Å². The van der Waals surface area contributed by atoms with Crippen LogP contribution in [0.4, 0.5) is 10.5 Å². The highest BCUT2D eigenvalue weighted by atomic mass is 16.5. The van der Waals surface area contributed by atoms with E-state index in [2.05, 4.69) is 5.32 Å². The van der Waals surface area contributed by atoms with Gasteiger partial charge in [-0.2, -0.15) is 0 Å². The molecule has 1 aliphatic heterocycles. The zero-order chi connectivity index (χ0) is 19.3. The summed E-state index contributed by atoms with van der Waals surface area (Å²) in [6.45, 7) is 5.61. The molecule has 2 rings (SSSR count). The zero-order valence-corrected chi connectivity index (χ0v) is 15.1. The van der Waals surface area contributed by atoms with E-state index in [0.29, 0.717) is 6.54 Å². The molecule has 140 valence electrons. The number of carbonyl (C=O) groups is 4. The average molecular weight is 361 g/mol. The molecular formula is C18H23N3O5. The number of nitrogens with one attached hydrogen (secondary N) is 2. The highest BCUT2D eigenvalue weighted by Gasteiger charge is 2.37. The highest BCUT2D eigenvalue weighted by molar-refractivity contribution is 6.00. The van der Waals surface area contributed by atoms with Gasteiger partial charge in [-0.1, -0.05) is 12.1 Å². The van der Waals surface area contributed by atoms with E-state index in [1.807, 2.05) is 37.4 Å². The number of hydrogen-bond acceptors (Lipinski definition) is 5. The summed E-state index contributed by atoms with van der Waals surface area (Å²) in [5.74, 6) is -2.15. The summed E-state index contributed by atoms with van der Waals surface area (Å²) in [5.41, 5.74) is 2.82. The predicted molar refractivity (Wildman–Crippen MR) is 94.6 cm³/mol. The molecular weight excluding hydrogens is 338 g/mol. The van der Waals surface area contributed by atoms with E-state index in [4.69, 9.17) is 4.74 Å². The van der Waals surface area contributed by atoms with E-state index in [0.717, 1.165) is 16.8 Å². The SMILES string of the molecule is CCNC(=O)NC(=O)COC(=O)[C@@H]1CC(=O)N(c2cccc(C)c2C)C1. The number of amides is 4. The van der Waals surface area contributed by atoms with Gasteiger partial charge in [0, 0.05) is 25.2 Å². The fraction of sp³-hybridized carbons (Fsp3) is 0.444. The summed E-state index contributed by atoms with van der Waals surface area (Å²) in [7, 11) is 0. The van der Waals surface area contributed by atoms with Gasteiger partial charge in [0.1, 0.15) is 0 Å². The molecule has 1 fully saturated rings. The van der Waals surface area contributed by atoms with E-state index in [1.165, 1.54) is 0 Å². The molecule has 1 heterocycles. The Kier molecular flexibility index (Phi) is 6.32. The highest BCUT2D eigenvalue weighted by Crippen LogP contribution is 2.29. The van der Waals surface area contributed by atoms with E-state index in [1.54, 1.807) is 11.8 Å². The van der Waals surface area contributed by atoms with Gasteiger partial charge in [-0.3, -0.25) is 19.7 Å². The Hall–Kier alpha value is -2.90. The normalized spacial score (nSPS) is 16.3. The van der Waals surface area contributed by atoms with Gasteiger partial charge in [-0.05, 0) is 38.0 Å². The van der Waals surface area contributed by atoms with Crippen molar-refractivity contribution in [2.75, 3.05) is 24.6 Å². The van der Waals surface area contributed by atoms with Crippen molar-refractivity contribution in [3.8, 4) is 0 Å². The number of anilines is 1. The third-order valence-electron chi connectivity index (χ3n) is 4.26. The number of aryl methyl sites for hydroxylation is 1. The molecule has 0 saturated carbocycles. The van der Waals surface area contributed by atoms with E-state index >= 15 is 0 Å². The molecule has 1 aliphatic rings. The number of urea groups is 1. The van der Waals surface area contributed by atoms with Crippen molar-refractivity contribution in [2.45, 2.75) is 27.2 Å². The largest absolute Gasteiger partial charge is 0.455 e. The molecule has 0 radical (unpaired) electrons. The van der Waals surface area contributed by atoms with Crippen molar-refractivity contribution in [3.63, 3.8) is 0 Å². The molecule has 8 heteroatoms. The lowest BCUT2D eigenvalue weighted by molar-refractivity contribution is -0.152. The van der Waals surface area contributed by atoms with Crippen LogP contribution >= 0.6 is 0 Å². The number of esters is 1. The maximum absolute atomic E-state index is 12.3. The molecule has 1 saturated heterocycles. The summed E-state index contributed by atoms with van der Waals surface area (Å²) in [5, 5.41) is 4.44. The van der Waals surface area contributed by atoms with Crippen LogP contribution in [0.3, 0.4) is 0 Å². The molecule has 26 heavy (non-hydrogen) atoms. The van der Waals surface area contributed by atoms with Crippen LogP contribution in [0.2, 0.25) is 0 Å². The summed E-state index contributed by atoms with van der Waals surface area (Å²) < 4.78 is 4.94. The Morgan fingerprint density at radius 2 is 2.00 bits per heavy atom. The summed E-state index contributed by atoms with van der Waals surface area (Å²) >= 11 is 0. The summed E-state index contributed by atoms with van der Waals surface area (Å²) in [6.07, 6.45) is 0.0319. The molecule has 1 atom stereocenters. The minimum absolute atomic E-state index is 0.0319. The molecule has 0 bridgehead atoms. The number of benzene rings is 1. The number of imide groups is 1. The molecule has 2 N–H and O–H groups in total. The second-order valence-corrected chi connectivity index (χ2v) is 6.14. The van der Waals surface area contributed by atoms with Gasteiger partial charge in [0.2, 0.25) is 5.91 Å². The summed E-state index contributed by atoms with van der Waals surface area (Å²) in [6, 6.07) is 5.01. The standard InChI is InChI=1S/C18H23N3O5/c1-4-19-18(25)20-15(22)10-26-17(24)13-8-16(23)21(9-13)14-7-5-6-11(2)12(14)3/h5-7,13H,4,8-10H2,1-3H3,(H2,19,20,22,25)/t13-/m1/s1. The second kappa shape index (κ2) is 8.46. The minimum Gasteiger partial charge on any atom is -0.455 e. The number of rotatable bonds is 5. The van der Waals surface area contributed by atoms with Crippen LogP contribution in [0.1, 0.15) is 24.5 Å². The van der Waals surface area contributed by atoms with Crippen molar-refractivity contribution in [1.29, 1.82) is 0 Å². The molecule has 0 unspecified atom stereocenters. The van der Waals surface area contributed by atoms with Gasteiger partial charge in [-0.25, -0.2) is 4.79 Å². The van der Waals surface area contributed by atoms with Crippen LogP contribution in [0.5, 0.6) is 0 Å². The lowest BCUT2D eigenvalue weighted by atomic mass is 10.1. The van der Waals surface area contributed by atoms with Crippen molar-refractivity contribution in [2.24, 2.45) is 5.92 Å². The molecule has 0 spiro atoms. The molecule has 4 amide bonds. The average Bonchev–Trinajstić information content (AvgIpc) is 2.97. The fourth-order valence-corrected chi connectivity index (χ4v) is 2.75. The Balaban J connectivity index is 1.91. The molecule has 0 aromatic heterocycles. The topological polar surface area (TPSA) is 105 Å². The van der Waals surface area contributed by atoms with Gasteiger partial charge in [-0.15, -0.1) is 0 Å². The first-order chi connectivity index (χ1) is 12.3. The smallest absolute Gasteiger partial charge is 0.321 e. The quantitative estimate of drug-likeness (QED) is 0.763. The molecule has 1 aromatic rings. The van der Waals surface area contributed by atoms with Gasteiger partial charge in [0.05, 0.1) is 5.92 Å². The zero-order valence-electron chi connectivity index (χ0n) is 15.1. The number of nitrogens with zero attached hydrogens (tertiary/aromatic N) is 1. The van der Waals surface area contributed by atoms with E-state index < -0.39 is 30.4 Å². The lowest BCUT2D eigenvalue weighted by Crippen LogP contribution is -2.41. The maximum Gasteiger partial charge on any atom is 0.321 e. The molecule has 8 nitrogen and oxygen atoms in total. The van der Waals surface area contributed by atoms with E-state index in [9.17, 15) is 19.2 Å². The summed E-state index contributed by atoms with van der Waals surface area (Å²) in [4.78, 5) is 48.8. The van der Waals surface area contributed by atoms with Crippen LogP contribution < -0.4 is 15.5 Å². The number of ether oxygens (including phenoxy) is 1. The van der Waals surface area contributed by atoms with Crippen LogP contribution in [-0.2, 0) is 19.1 Å². The number of carbonyl (C=O) groups excluding carboxylic acids is 4. The molecule has 0 aliphatic carbocycles. The Morgan fingerprint density at radius 1 is 1.27 bits per heavy atom. The Morgan fingerprint density at radius 3 is 2.69 bits per heavy atom. The van der Waals surface area contributed by atoms with Gasteiger partial charge >= 0.3 is 12.0 Å². The van der Waals surface area contributed by atoms with Crippen LogP contribution in [-0.4, -0.2) is 43.5 Å². The first-order valence-corrected chi connectivity index (χ1v) is 8.44. The minimum atomic E-state index is -0.722. The van der Waals surface area contributed by atoms with Crippen LogP contribution in [0.15, 0.2) is 18.2 Å². The van der Waals surface area contributed by atoms with Crippen LogP contribution in [0.25, 0.3) is 0 Å². The third-order valence-corrected chi connectivity index (χ3v) is 4.26. The third kappa shape index (κ3) is 4.59. The van der Waals surface area contributed by atoms with Crippen molar-refractivity contribution in [1.82, 2.24) is 10.6 Å². The van der Waals surface area contributed by atoms with Crippen molar-refractivity contribution < 1.29 is 23.9 Å². The van der Waals surface area contributed by atoms with Gasteiger partial charge < -0.3 is 15.0 Å². The molecule has 1 aromatic carbocycles. The first kappa shape index (κ1) is 19.4. The lowest BCUT2D eigenvalue weighted by Gasteiger charge is -2.20. The predicted octanol–water partition coefficient (Wildman–Crippen LogP) is 1.05. The Labute approximate surface area is 151 Å². The second-order valence-electron chi connectivity index (χ2n) is 6.14. The number of hydrogen-bond donors (Lipinski definition) is 2. The van der Waals surface area contributed by atoms with Gasteiger partial charge in [0.25, 0.3) is 5.91 Å². The van der Waals surface area contributed by atoms with Crippen molar-refractivity contribution in [3.05, 3.63) is 29.3 Å². The Bertz CT molecular complexity index is 732. The monoisotopic (exact) mass is 361 g/mol.